The van der Waals surface area contributed by atoms with Crippen LogP contribution in [0.25, 0.3) is 0 Å². The van der Waals surface area contributed by atoms with Gasteiger partial charge in [0.1, 0.15) is 6.23 Å². The van der Waals surface area contributed by atoms with Crippen LogP contribution in [-0.4, -0.2) is 41.0 Å². The summed E-state index contributed by atoms with van der Waals surface area (Å²) in [5, 5.41) is 12.4. The van der Waals surface area contributed by atoms with E-state index < -0.39 is 5.06 Å². The molecule has 1 heterocycles. The number of aliphatic hydroxyl groups excluding tert-OH is 1. The Bertz CT molecular complexity index is 459. The van der Waals surface area contributed by atoms with Gasteiger partial charge >= 0.3 is 0 Å². The summed E-state index contributed by atoms with van der Waals surface area (Å²) in [6, 6.07) is 8.39. The third kappa shape index (κ3) is 4.86. The van der Waals surface area contributed by atoms with Crippen LogP contribution in [0.1, 0.15) is 46.5 Å². The summed E-state index contributed by atoms with van der Waals surface area (Å²) in [6.07, 6.45) is 4.49. The fraction of sp³-hybridized carbons (Fsp3) is 0.667. The minimum Gasteiger partial charge on any atom is -0.395 e. The summed E-state index contributed by atoms with van der Waals surface area (Å²) in [4.78, 5) is 3.41. The molecule has 2 atom stereocenters. The number of aliphatic hydroxyl groups is 1. The zero-order valence-corrected chi connectivity index (χ0v) is 15.4. The molecule has 0 saturated carbocycles. The molecule has 2 N–H and O–H groups in total. The molecule has 5 heteroatoms. The summed E-state index contributed by atoms with van der Waals surface area (Å²) in [5.74, 6) is 0. The van der Waals surface area contributed by atoms with Crippen LogP contribution >= 0.6 is 11.8 Å². The largest absolute Gasteiger partial charge is 0.395 e. The van der Waals surface area contributed by atoms with E-state index in [1.54, 1.807) is 11.8 Å². The Labute approximate surface area is 144 Å². The Kier molecular flexibility index (Phi) is 7.21. The van der Waals surface area contributed by atoms with Crippen LogP contribution in [0.3, 0.4) is 0 Å². The normalized spacial score (nSPS) is 21.3. The number of nitrogens with zero attached hydrogens (tertiary/aromatic N) is 1. The Hall–Kier alpha value is -0.750. The maximum absolute atomic E-state index is 9.24. The Morgan fingerprint density at radius 3 is 2.74 bits per heavy atom. The third-order valence-corrected chi connectivity index (χ3v) is 5.57. The van der Waals surface area contributed by atoms with Crippen LogP contribution in [0.2, 0.25) is 0 Å². The maximum Gasteiger partial charge on any atom is 0.193 e. The number of fused-ring (bicyclic) bond motifs is 1. The first-order valence-corrected chi connectivity index (χ1v) is 9.54. The van der Waals surface area contributed by atoms with E-state index in [0.717, 1.165) is 25.1 Å². The lowest BCUT2D eigenvalue weighted by molar-refractivity contribution is -0.0981. The van der Waals surface area contributed by atoms with Crippen LogP contribution in [0.5, 0.6) is 0 Å². The molecule has 1 aromatic carbocycles. The highest BCUT2D eigenvalue weighted by atomic mass is 32.2. The summed E-state index contributed by atoms with van der Waals surface area (Å²) in [6.45, 7) is 8.06. The molecule has 0 bridgehead atoms. The first kappa shape index (κ1) is 18.6. The number of ether oxygens (including phenoxy) is 1. The Morgan fingerprint density at radius 1 is 1.30 bits per heavy atom. The molecule has 130 valence electrons. The number of nitrogens with one attached hydrogen (secondary N) is 1. The number of para-hydroxylation sites is 1. The van der Waals surface area contributed by atoms with Crippen molar-refractivity contribution >= 4 is 17.4 Å². The fourth-order valence-electron chi connectivity index (χ4n) is 2.98. The molecule has 0 saturated heterocycles. The van der Waals surface area contributed by atoms with Gasteiger partial charge in [-0.15, -0.1) is 0 Å². The summed E-state index contributed by atoms with van der Waals surface area (Å²) in [5.41, 5.74) is 1.16. The highest BCUT2D eigenvalue weighted by molar-refractivity contribution is 8.01. The molecule has 0 amide bonds. The van der Waals surface area contributed by atoms with Crippen molar-refractivity contribution in [3.05, 3.63) is 24.3 Å². The van der Waals surface area contributed by atoms with Gasteiger partial charge in [-0.25, -0.2) is 0 Å². The number of benzene rings is 1. The number of thioether (sulfide) groups is 1. The second-order valence-corrected chi connectivity index (χ2v) is 7.31. The molecule has 2 rings (SSSR count). The quantitative estimate of drug-likeness (QED) is 0.496. The van der Waals surface area contributed by atoms with E-state index in [2.05, 4.69) is 55.3 Å². The molecule has 0 radical (unpaired) electrons. The number of hydrogen-bond donors (Lipinski definition) is 2. The molecule has 0 aromatic heterocycles. The van der Waals surface area contributed by atoms with E-state index in [-0.39, 0.29) is 12.8 Å². The zero-order valence-electron chi connectivity index (χ0n) is 14.5. The Balaban J connectivity index is 2.09. The average molecular weight is 339 g/mol. The van der Waals surface area contributed by atoms with Crippen molar-refractivity contribution in [3.8, 4) is 0 Å². The van der Waals surface area contributed by atoms with Gasteiger partial charge in [-0.3, -0.25) is 4.90 Å². The Morgan fingerprint density at radius 2 is 2.09 bits per heavy atom. The molecule has 2 unspecified atom stereocenters. The average Bonchev–Trinajstić information content (AvgIpc) is 2.90. The SMILES string of the molecule is CCCCCC1(OC(C)N(CC)CCO)Nc2ccccc2S1. The number of likely N-dealkylation sites (N-methyl/N-ethyl adjacent to an activating group) is 1. The molecular weight excluding hydrogens is 308 g/mol. The topological polar surface area (TPSA) is 44.7 Å². The minimum absolute atomic E-state index is 0.0388. The van der Waals surface area contributed by atoms with E-state index in [0.29, 0.717) is 6.54 Å². The summed E-state index contributed by atoms with van der Waals surface area (Å²) >= 11 is 1.79. The van der Waals surface area contributed by atoms with E-state index in [9.17, 15) is 5.11 Å². The molecule has 23 heavy (non-hydrogen) atoms. The fourth-order valence-corrected chi connectivity index (χ4v) is 4.30. The van der Waals surface area contributed by atoms with Gasteiger partial charge in [-0.2, -0.15) is 0 Å². The number of anilines is 1. The lowest BCUT2D eigenvalue weighted by atomic mass is 10.2. The minimum atomic E-state index is -0.402. The van der Waals surface area contributed by atoms with E-state index >= 15 is 0 Å². The van der Waals surface area contributed by atoms with Gasteiger partial charge in [0, 0.05) is 17.9 Å². The number of hydrogen-bond acceptors (Lipinski definition) is 5. The van der Waals surface area contributed by atoms with E-state index in [1.165, 1.54) is 17.7 Å². The van der Waals surface area contributed by atoms with E-state index in [4.69, 9.17) is 4.74 Å². The lowest BCUT2D eigenvalue weighted by Gasteiger charge is -2.36. The van der Waals surface area contributed by atoms with Gasteiger partial charge < -0.3 is 15.2 Å². The number of unbranched alkanes of at least 4 members (excludes halogenated alkanes) is 2. The van der Waals surface area contributed by atoms with Gasteiger partial charge in [0.15, 0.2) is 5.06 Å². The van der Waals surface area contributed by atoms with Crippen LogP contribution in [0.4, 0.5) is 5.69 Å². The summed E-state index contributed by atoms with van der Waals surface area (Å²) < 4.78 is 6.50. The predicted molar refractivity (Wildman–Crippen MR) is 97.7 cm³/mol. The van der Waals surface area contributed by atoms with Crippen molar-refractivity contribution in [2.45, 2.75) is 62.6 Å². The van der Waals surface area contributed by atoms with Gasteiger partial charge in [0.05, 0.1) is 12.3 Å². The third-order valence-electron chi connectivity index (χ3n) is 4.26. The van der Waals surface area contributed by atoms with Crippen LogP contribution in [-0.2, 0) is 4.74 Å². The van der Waals surface area contributed by atoms with Gasteiger partial charge in [-0.1, -0.05) is 50.6 Å². The second kappa shape index (κ2) is 8.92. The number of rotatable bonds is 10. The molecule has 0 aliphatic carbocycles. The standard InChI is InChI=1S/C18H30N2O2S/c1-4-6-9-12-18(22-15(3)20(5-2)13-14-21)19-16-10-7-8-11-17(16)23-18/h7-8,10-11,15,19,21H,4-6,9,12-14H2,1-3H3. The summed E-state index contributed by atoms with van der Waals surface area (Å²) in [7, 11) is 0. The molecule has 0 fully saturated rings. The van der Waals surface area contributed by atoms with Crippen LogP contribution in [0, 0.1) is 0 Å². The van der Waals surface area contributed by atoms with Gasteiger partial charge in [0.2, 0.25) is 0 Å². The molecular formula is C18H30N2O2S. The van der Waals surface area contributed by atoms with Crippen molar-refractivity contribution in [1.82, 2.24) is 4.90 Å². The lowest BCUT2D eigenvalue weighted by Crippen LogP contribution is -2.45. The smallest absolute Gasteiger partial charge is 0.193 e. The predicted octanol–water partition coefficient (Wildman–Crippen LogP) is 4.12. The second-order valence-electron chi connectivity index (χ2n) is 6.00. The van der Waals surface area contributed by atoms with Crippen molar-refractivity contribution in [2.75, 3.05) is 25.0 Å². The molecule has 4 nitrogen and oxygen atoms in total. The highest BCUT2D eigenvalue weighted by Gasteiger charge is 2.40. The molecule has 1 aliphatic rings. The zero-order chi connectivity index (χ0) is 16.7. The van der Waals surface area contributed by atoms with E-state index in [1.807, 2.05) is 0 Å². The molecule has 0 spiro atoms. The van der Waals surface area contributed by atoms with Gasteiger partial charge in [-0.05, 0) is 32.0 Å². The van der Waals surface area contributed by atoms with Crippen LogP contribution in [0.15, 0.2) is 29.2 Å². The van der Waals surface area contributed by atoms with Crippen molar-refractivity contribution in [3.63, 3.8) is 0 Å². The highest BCUT2D eigenvalue weighted by Crippen LogP contribution is 2.49. The van der Waals surface area contributed by atoms with Crippen molar-refractivity contribution in [1.29, 1.82) is 0 Å². The maximum atomic E-state index is 9.24. The van der Waals surface area contributed by atoms with Crippen LogP contribution < -0.4 is 5.32 Å². The monoisotopic (exact) mass is 338 g/mol. The van der Waals surface area contributed by atoms with Crippen molar-refractivity contribution < 1.29 is 9.84 Å². The van der Waals surface area contributed by atoms with Gasteiger partial charge in [0.25, 0.3) is 0 Å². The van der Waals surface area contributed by atoms with Crippen molar-refractivity contribution in [2.24, 2.45) is 0 Å². The molecule has 1 aliphatic heterocycles. The first-order chi connectivity index (χ1) is 11.1. The first-order valence-electron chi connectivity index (χ1n) is 8.73. The molecule has 1 aromatic rings.